The minimum absolute atomic E-state index is 0.437. The van der Waals surface area contributed by atoms with Gasteiger partial charge in [-0.15, -0.1) is 0 Å². The molecule has 1 atom stereocenters. The standard InChI is InChI=1S/C7H5F2N3/c8-4-2-12-3-5(9)7(4)6(11)1-10/h2-3,6H,11H2. The van der Waals surface area contributed by atoms with Crippen LogP contribution in [0.5, 0.6) is 0 Å². The summed E-state index contributed by atoms with van der Waals surface area (Å²) in [7, 11) is 0. The molecule has 0 aliphatic carbocycles. The lowest BCUT2D eigenvalue weighted by Gasteiger charge is -2.04. The molecule has 62 valence electrons. The third-order valence-electron chi connectivity index (χ3n) is 1.34. The smallest absolute Gasteiger partial charge is 0.150 e. The third kappa shape index (κ3) is 1.38. The highest BCUT2D eigenvalue weighted by Gasteiger charge is 2.15. The van der Waals surface area contributed by atoms with Crippen molar-refractivity contribution in [1.82, 2.24) is 4.98 Å². The Hall–Kier alpha value is -1.54. The Kier molecular flexibility index (Phi) is 2.31. The monoisotopic (exact) mass is 169 g/mol. The Bertz CT molecular complexity index is 312. The molecule has 1 rings (SSSR count). The number of hydrogen-bond acceptors (Lipinski definition) is 3. The van der Waals surface area contributed by atoms with E-state index in [1.54, 1.807) is 0 Å². The van der Waals surface area contributed by atoms with E-state index >= 15 is 0 Å². The maximum Gasteiger partial charge on any atom is 0.150 e. The first-order chi connectivity index (χ1) is 5.66. The predicted molar refractivity (Wildman–Crippen MR) is 36.7 cm³/mol. The number of aromatic nitrogens is 1. The summed E-state index contributed by atoms with van der Waals surface area (Å²) in [5.41, 5.74) is 4.69. The van der Waals surface area contributed by atoms with Crippen molar-refractivity contribution >= 4 is 0 Å². The summed E-state index contributed by atoms with van der Waals surface area (Å²) in [5.74, 6) is -1.80. The first-order valence-corrected chi connectivity index (χ1v) is 3.11. The summed E-state index contributed by atoms with van der Waals surface area (Å²) in [6.45, 7) is 0. The van der Waals surface area contributed by atoms with E-state index in [-0.39, 0.29) is 0 Å². The summed E-state index contributed by atoms with van der Waals surface area (Å²) >= 11 is 0. The Labute approximate surface area is 67.4 Å². The summed E-state index contributed by atoms with van der Waals surface area (Å²) in [6.07, 6.45) is 1.63. The van der Waals surface area contributed by atoms with Gasteiger partial charge in [0.1, 0.15) is 17.7 Å². The van der Waals surface area contributed by atoms with Crippen LogP contribution in [0.2, 0.25) is 0 Å². The van der Waals surface area contributed by atoms with Gasteiger partial charge >= 0.3 is 0 Å². The number of halogens is 2. The van der Waals surface area contributed by atoms with Crippen molar-refractivity contribution in [3.63, 3.8) is 0 Å². The molecule has 2 N–H and O–H groups in total. The number of hydrogen-bond donors (Lipinski definition) is 1. The van der Waals surface area contributed by atoms with Crippen molar-refractivity contribution in [2.45, 2.75) is 6.04 Å². The molecule has 1 heterocycles. The molecule has 0 fully saturated rings. The van der Waals surface area contributed by atoms with Crippen LogP contribution in [0.3, 0.4) is 0 Å². The van der Waals surface area contributed by atoms with Crippen LogP contribution in [0.4, 0.5) is 8.78 Å². The summed E-state index contributed by atoms with van der Waals surface area (Å²) in [6, 6.07) is 0.249. The zero-order valence-electron chi connectivity index (χ0n) is 5.96. The third-order valence-corrected chi connectivity index (χ3v) is 1.34. The van der Waals surface area contributed by atoms with Crippen LogP contribution >= 0.6 is 0 Å². The van der Waals surface area contributed by atoms with Gasteiger partial charge in [-0.05, 0) is 0 Å². The second kappa shape index (κ2) is 3.24. The van der Waals surface area contributed by atoms with E-state index in [9.17, 15) is 8.78 Å². The largest absolute Gasteiger partial charge is 0.312 e. The SMILES string of the molecule is N#CC(N)c1c(F)cncc1F. The number of rotatable bonds is 1. The molecule has 0 aliphatic heterocycles. The van der Waals surface area contributed by atoms with E-state index in [0.29, 0.717) is 0 Å². The second-order valence-corrected chi connectivity index (χ2v) is 2.12. The van der Waals surface area contributed by atoms with Crippen molar-refractivity contribution < 1.29 is 8.78 Å². The minimum Gasteiger partial charge on any atom is -0.312 e. The van der Waals surface area contributed by atoms with Crippen LogP contribution in [-0.2, 0) is 0 Å². The van der Waals surface area contributed by atoms with E-state index < -0.39 is 23.2 Å². The molecule has 0 amide bonds. The van der Waals surface area contributed by atoms with Crippen LogP contribution in [-0.4, -0.2) is 4.98 Å². The molecule has 0 saturated heterocycles. The molecule has 1 unspecified atom stereocenters. The zero-order valence-corrected chi connectivity index (χ0v) is 5.96. The number of pyridine rings is 1. The first kappa shape index (κ1) is 8.56. The number of nitriles is 1. The van der Waals surface area contributed by atoms with Crippen LogP contribution in [0.1, 0.15) is 11.6 Å². The van der Waals surface area contributed by atoms with Crippen molar-refractivity contribution in [2.24, 2.45) is 5.73 Å². The molecule has 0 aromatic carbocycles. The lowest BCUT2D eigenvalue weighted by Crippen LogP contribution is -2.12. The fourth-order valence-corrected chi connectivity index (χ4v) is 0.783. The zero-order chi connectivity index (χ0) is 9.14. The Morgan fingerprint density at radius 2 is 1.92 bits per heavy atom. The lowest BCUT2D eigenvalue weighted by molar-refractivity contribution is 0.538. The maximum absolute atomic E-state index is 12.8. The molecule has 0 saturated carbocycles. The van der Waals surface area contributed by atoms with Gasteiger partial charge in [-0.2, -0.15) is 5.26 Å². The van der Waals surface area contributed by atoms with E-state index in [0.717, 1.165) is 12.4 Å². The summed E-state index contributed by atoms with van der Waals surface area (Å²) < 4.78 is 25.5. The van der Waals surface area contributed by atoms with Gasteiger partial charge in [-0.25, -0.2) is 8.78 Å². The van der Waals surface area contributed by atoms with Crippen LogP contribution in [0, 0.1) is 23.0 Å². The molecule has 0 bridgehead atoms. The van der Waals surface area contributed by atoms with E-state index in [2.05, 4.69) is 4.98 Å². The van der Waals surface area contributed by atoms with Crippen LogP contribution in [0.15, 0.2) is 12.4 Å². The van der Waals surface area contributed by atoms with Gasteiger partial charge < -0.3 is 5.73 Å². The molecule has 5 heteroatoms. The van der Waals surface area contributed by atoms with Gasteiger partial charge in [0.05, 0.1) is 24.0 Å². The maximum atomic E-state index is 12.8. The van der Waals surface area contributed by atoms with Gasteiger partial charge in [0.2, 0.25) is 0 Å². The van der Waals surface area contributed by atoms with E-state index in [4.69, 9.17) is 11.0 Å². The fraction of sp³-hybridized carbons (Fsp3) is 0.143. The normalized spacial score (nSPS) is 12.2. The van der Waals surface area contributed by atoms with Crippen LogP contribution < -0.4 is 5.73 Å². The van der Waals surface area contributed by atoms with Crippen LogP contribution in [0.25, 0.3) is 0 Å². The highest BCUT2D eigenvalue weighted by molar-refractivity contribution is 5.23. The average Bonchev–Trinajstić information content (AvgIpc) is 2.03. The number of nitrogens with two attached hydrogens (primary N) is 1. The second-order valence-electron chi connectivity index (χ2n) is 2.12. The van der Waals surface area contributed by atoms with E-state index in [1.807, 2.05) is 0 Å². The molecule has 0 spiro atoms. The molecule has 0 aliphatic rings. The molecule has 12 heavy (non-hydrogen) atoms. The van der Waals surface area contributed by atoms with Crippen molar-refractivity contribution in [1.29, 1.82) is 5.26 Å². The Morgan fingerprint density at radius 3 is 2.33 bits per heavy atom. The molecule has 1 aromatic rings. The highest BCUT2D eigenvalue weighted by atomic mass is 19.1. The lowest BCUT2D eigenvalue weighted by atomic mass is 10.1. The van der Waals surface area contributed by atoms with Gasteiger partial charge in [0, 0.05) is 0 Å². The number of nitrogens with zero attached hydrogens (tertiary/aromatic N) is 2. The predicted octanol–water partition coefficient (Wildman–Crippen LogP) is 0.883. The molecular formula is C7H5F2N3. The Balaban J connectivity index is 3.23. The molecule has 0 radical (unpaired) electrons. The van der Waals surface area contributed by atoms with Crippen molar-refractivity contribution in [3.05, 3.63) is 29.6 Å². The highest BCUT2D eigenvalue weighted by Crippen LogP contribution is 2.16. The average molecular weight is 169 g/mol. The summed E-state index contributed by atoms with van der Waals surface area (Å²) in [5, 5.41) is 8.31. The topological polar surface area (TPSA) is 62.7 Å². The molecular weight excluding hydrogens is 164 g/mol. The minimum atomic E-state index is -1.28. The van der Waals surface area contributed by atoms with E-state index in [1.165, 1.54) is 6.07 Å². The van der Waals surface area contributed by atoms with Gasteiger partial charge in [0.15, 0.2) is 0 Å². The van der Waals surface area contributed by atoms with Gasteiger partial charge in [0.25, 0.3) is 0 Å². The molecule has 3 nitrogen and oxygen atoms in total. The Morgan fingerprint density at radius 1 is 1.42 bits per heavy atom. The fourth-order valence-electron chi connectivity index (χ4n) is 0.783. The first-order valence-electron chi connectivity index (χ1n) is 3.11. The summed E-state index contributed by atoms with van der Waals surface area (Å²) in [4.78, 5) is 3.25. The van der Waals surface area contributed by atoms with Crippen molar-refractivity contribution in [2.75, 3.05) is 0 Å². The van der Waals surface area contributed by atoms with Crippen molar-refractivity contribution in [3.8, 4) is 6.07 Å². The quantitative estimate of drug-likeness (QED) is 0.678. The molecule has 1 aromatic heterocycles. The van der Waals surface area contributed by atoms with Gasteiger partial charge in [-0.3, -0.25) is 4.98 Å². The van der Waals surface area contributed by atoms with Gasteiger partial charge in [-0.1, -0.05) is 0 Å².